The number of aryl methyl sites for hydroxylation is 1. The quantitative estimate of drug-likeness (QED) is 0.0430. The number of phenolic OH excluding ortho intramolecular Hbond substituents is 5. The van der Waals surface area contributed by atoms with Gasteiger partial charge < -0.3 is 52.1 Å². The van der Waals surface area contributed by atoms with Crippen LogP contribution < -0.4 is 26.6 Å². The molecular formula is C104H147Cl2N11O5. The van der Waals surface area contributed by atoms with E-state index in [1.165, 1.54) is 34.1 Å². The van der Waals surface area contributed by atoms with E-state index in [0.717, 1.165) is 94.8 Å². The van der Waals surface area contributed by atoms with Crippen molar-refractivity contribution in [3.63, 3.8) is 0 Å². The zero-order valence-electron chi connectivity index (χ0n) is 80.1. The van der Waals surface area contributed by atoms with Crippen LogP contribution in [0.5, 0.6) is 28.7 Å². The molecule has 0 unspecified atom stereocenters. The third kappa shape index (κ3) is 32.0. The highest BCUT2D eigenvalue weighted by atomic mass is 35.5. The standard InChI is InChI=1S/C24H36N2O.C21H30N2O.2C20H27ClN2O.C19H27N3O/c1-22(2,3)18-12-17(15-26-24(7,8)9)21(27)19(13-18)16-10-11-20(25-14-16)23(4,5)6;1-14-8-9-18(22-12-14)17-11-16(20(2,3)4)10-15(19(17)24)13-23-21(5,6)7;1-19(2,3)15-7-14(11-23-20(4,5)6)18(24)17(9-15)13-8-16(21)12-22-10-13;1-19(2,3)15-9-14(12-23-20(4,5)6)18(24)16(10-15)13-7-8-17(21)22-11-13;1-18(2,3)15-7-13(11-22-19(4,5)6)17(23)16(8-15)14-9-20-12-21-10-14/h10-14,26-27H,15H2,1-9H3;8-12,23-24H,13H2,1-7H3;7-10,12,23-24H,11H2,1-6H3;7-11,23-24H,12H2,1-6H3;7-10,12,22-23H,11H2,1-6H3. The Bertz CT molecular complexity index is 4960. The number of benzene rings is 5. The van der Waals surface area contributed by atoms with Crippen LogP contribution in [0.3, 0.4) is 0 Å². The monoisotopic (exact) mass is 1700 g/mol. The van der Waals surface area contributed by atoms with Crippen molar-refractivity contribution in [2.75, 3.05) is 0 Å². The lowest BCUT2D eigenvalue weighted by Crippen LogP contribution is -2.35. The van der Waals surface area contributed by atoms with Gasteiger partial charge in [-0.05, 0) is 232 Å². The molecule has 0 fully saturated rings. The minimum atomic E-state index is -0.0258. The van der Waals surface area contributed by atoms with Crippen molar-refractivity contribution in [3.8, 4) is 84.5 Å². The van der Waals surface area contributed by atoms with E-state index in [1.807, 2.05) is 61.8 Å². The number of pyridine rings is 4. The molecule has 0 aliphatic heterocycles. The second-order valence-electron chi connectivity index (χ2n) is 43.7. The van der Waals surface area contributed by atoms with Crippen molar-refractivity contribution in [2.24, 2.45) is 0 Å². The van der Waals surface area contributed by atoms with Crippen LogP contribution >= 0.6 is 23.2 Å². The molecule has 0 atom stereocenters. The number of hydrogen-bond donors (Lipinski definition) is 10. The maximum absolute atomic E-state index is 11.0. The molecule has 0 aliphatic carbocycles. The summed E-state index contributed by atoms with van der Waals surface area (Å²) in [7, 11) is 0. The van der Waals surface area contributed by atoms with E-state index in [4.69, 9.17) is 23.2 Å². The van der Waals surface area contributed by atoms with Crippen molar-refractivity contribution in [1.29, 1.82) is 0 Å². The average Bonchev–Trinajstić information content (AvgIpc) is 0.804. The van der Waals surface area contributed by atoms with Gasteiger partial charge >= 0.3 is 0 Å². The third-order valence-electron chi connectivity index (χ3n) is 20.3. The Balaban J connectivity index is 0.000000236. The molecule has 0 saturated heterocycles. The van der Waals surface area contributed by atoms with Crippen molar-refractivity contribution in [1.82, 2.24) is 56.5 Å². The molecule has 10 rings (SSSR count). The van der Waals surface area contributed by atoms with Gasteiger partial charge in [-0.3, -0.25) is 15.0 Å². The Labute approximate surface area is 743 Å². The molecule has 5 aromatic carbocycles. The van der Waals surface area contributed by atoms with Crippen molar-refractivity contribution < 1.29 is 25.5 Å². The molecule has 16 nitrogen and oxygen atoms in total. The third-order valence-corrected chi connectivity index (χ3v) is 20.7. The summed E-state index contributed by atoms with van der Waals surface area (Å²) in [5.41, 5.74) is 20.7. The van der Waals surface area contributed by atoms with Gasteiger partial charge in [-0.1, -0.05) is 190 Å². The molecule has 10 N–H and O–H groups in total. The highest BCUT2D eigenvalue weighted by Crippen LogP contribution is 2.44. The van der Waals surface area contributed by atoms with E-state index in [1.54, 1.807) is 37.1 Å². The van der Waals surface area contributed by atoms with Gasteiger partial charge in [0, 0.05) is 193 Å². The normalized spacial score (nSPS) is 12.6. The molecule has 18 heteroatoms. The van der Waals surface area contributed by atoms with Crippen LogP contribution in [-0.2, 0) is 65.2 Å². The van der Waals surface area contributed by atoms with Crippen LogP contribution in [0.2, 0.25) is 10.2 Å². The Morgan fingerprint density at radius 1 is 0.270 bits per heavy atom. The fraction of sp³-hybridized carbons (Fsp3) is 0.481. The highest BCUT2D eigenvalue weighted by Gasteiger charge is 2.28. The number of aromatic nitrogens is 6. The first-order valence-electron chi connectivity index (χ1n) is 42.6. The first kappa shape index (κ1) is 102. The molecule has 0 amide bonds. The molecular weight excluding hydrogens is 1550 g/mol. The summed E-state index contributed by atoms with van der Waals surface area (Å²) >= 11 is 12.0. The van der Waals surface area contributed by atoms with Gasteiger partial charge in [0.15, 0.2) is 0 Å². The summed E-state index contributed by atoms with van der Waals surface area (Å²) < 4.78 is 0. The van der Waals surface area contributed by atoms with Gasteiger partial charge in [0.1, 0.15) is 40.2 Å². The first-order chi connectivity index (χ1) is 55.7. The second kappa shape index (κ2) is 40.4. The zero-order valence-corrected chi connectivity index (χ0v) is 81.7. The predicted octanol–water partition coefficient (Wildman–Crippen LogP) is 25.5. The van der Waals surface area contributed by atoms with Crippen LogP contribution in [-0.4, -0.2) is 83.1 Å². The van der Waals surface area contributed by atoms with Gasteiger partial charge in [-0.2, -0.15) is 0 Å². The lowest BCUT2D eigenvalue weighted by molar-refractivity contribution is 0.411. The van der Waals surface area contributed by atoms with Gasteiger partial charge in [0.2, 0.25) is 0 Å². The lowest BCUT2D eigenvalue weighted by Gasteiger charge is -2.25. The Morgan fingerprint density at radius 3 is 0.836 bits per heavy atom. The van der Waals surface area contributed by atoms with Crippen LogP contribution in [0.25, 0.3) is 55.8 Å². The highest BCUT2D eigenvalue weighted by molar-refractivity contribution is 6.30. The predicted molar refractivity (Wildman–Crippen MR) is 514 cm³/mol. The second-order valence-corrected chi connectivity index (χ2v) is 44.5. The fourth-order valence-electron chi connectivity index (χ4n) is 12.3. The van der Waals surface area contributed by atoms with Gasteiger partial charge in [-0.25, -0.2) is 15.0 Å². The summed E-state index contributed by atoms with van der Waals surface area (Å²) in [4.78, 5) is 25.6. The summed E-state index contributed by atoms with van der Waals surface area (Å²) in [6, 6.07) is 34.3. The Morgan fingerprint density at radius 2 is 0.566 bits per heavy atom. The van der Waals surface area contributed by atoms with Crippen LogP contribution in [0.15, 0.2) is 153 Å². The van der Waals surface area contributed by atoms with E-state index in [0.29, 0.717) is 65.9 Å². The number of hydrogen-bond acceptors (Lipinski definition) is 16. The first-order valence-corrected chi connectivity index (χ1v) is 43.4. The molecule has 0 aliphatic rings. The van der Waals surface area contributed by atoms with Gasteiger partial charge in [-0.15, -0.1) is 0 Å². The lowest BCUT2D eigenvalue weighted by atomic mass is 9.83. The minimum absolute atomic E-state index is 0.00227. The average molecular weight is 1700 g/mol. The topological polar surface area (TPSA) is 239 Å². The summed E-state index contributed by atoms with van der Waals surface area (Å²) in [6.07, 6.45) is 13.7. The molecule has 0 radical (unpaired) electrons. The maximum Gasteiger partial charge on any atom is 0.129 e. The van der Waals surface area contributed by atoms with E-state index in [2.05, 4.69) is 340 Å². The molecule has 0 saturated carbocycles. The number of rotatable bonds is 15. The summed E-state index contributed by atoms with van der Waals surface area (Å²) in [5.74, 6) is 1.53. The Kier molecular flexibility index (Phi) is 33.8. The van der Waals surface area contributed by atoms with Crippen LogP contribution in [0.1, 0.15) is 295 Å². The van der Waals surface area contributed by atoms with E-state index < -0.39 is 0 Å². The fourth-order valence-corrected chi connectivity index (χ4v) is 12.6. The molecule has 5 aromatic heterocycles. The Hall–Kier alpha value is -8.84. The van der Waals surface area contributed by atoms with Gasteiger partial charge in [0.25, 0.3) is 0 Å². The number of phenols is 5. The number of nitrogens with zero attached hydrogens (tertiary/aromatic N) is 6. The molecule has 122 heavy (non-hydrogen) atoms. The number of halogens is 2. The molecule has 0 bridgehead atoms. The smallest absolute Gasteiger partial charge is 0.129 e. The maximum atomic E-state index is 11.0. The largest absolute Gasteiger partial charge is 0.507 e. The van der Waals surface area contributed by atoms with Crippen molar-refractivity contribution in [2.45, 2.75) is 328 Å². The molecule has 662 valence electrons. The molecule has 5 heterocycles. The van der Waals surface area contributed by atoms with Crippen molar-refractivity contribution in [3.05, 3.63) is 230 Å². The van der Waals surface area contributed by atoms with Crippen LogP contribution in [0.4, 0.5) is 0 Å². The minimum Gasteiger partial charge on any atom is -0.507 e. The number of aromatic hydroxyl groups is 5. The molecule has 10 aromatic rings. The SMILES string of the molecule is CC(C)(C)NCc1cc(C(C)(C)C)cc(-c2ccc(C(C)(C)C)nc2)c1O.CC(C)(C)NCc1cc(C(C)(C)C)cc(-c2ccc(Cl)nc2)c1O.CC(C)(C)NCc1cc(C(C)(C)C)cc(-c2cncc(Cl)c2)c1O.CC(C)(C)NCc1cc(C(C)(C)C)cc(-c2cncnc2)c1O.Cc1ccc(-c2cc(C(C)(C)C)cc(CNC(C)(C)C)c2O)nc1. The number of nitrogens with one attached hydrogen (secondary N) is 5. The van der Waals surface area contributed by atoms with E-state index in [-0.39, 0.29) is 65.9 Å². The summed E-state index contributed by atoms with van der Waals surface area (Å²) in [6.45, 7) is 76.0. The van der Waals surface area contributed by atoms with Crippen molar-refractivity contribution >= 4 is 23.2 Å². The summed E-state index contributed by atoms with van der Waals surface area (Å²) in [5, 5.41) is 72.4. The van der Waals surface area contributed by atoms with Crippen LogP contribution in [0, 0.1) is 6.92 Å². The zero-order chi connectivity index (χ0) is 92.2. The molecule has 0 spiro atoms. The van der Waals surface area contributed by atoms with E-state index in [9.17, 15) is 25.5 Å². The van der Waals surface area contributed by atoms with E-state index >= 15 is 0 Å². The van der Waals surface area contributed by atoms with Gasteiger partial charge in [0.05, 0.1) is 10.7 Å².